The Hall–Kier alpha value is -1.73. The van der Waals surface area contributed by atoms with Gasteiger partial charge in [0.2, 0.25) is 5.91 Å². The molecule has 0 spiro atoms. The van der Waals surface area contributed by atoms with Crippen LogP contribution < -0.4 is 5.56 Å². The van der Waals surface area contributed by atoms with Crippen LogP contribution in [0.5, 0.6) is 0 Å². The Bertz CT molecular complexity index is 1060. The molecule has 1 aliphatic carbocycles. The van der Waals surface area contributed by atoms with E-state index < -0.39 is 0 Å². The summed E-state index contributed by atoms with van der Waals surface area (Å²) in [5.74, 6) is 1.19. The van der Waals surface area contributed by atoms with Crippen molar-refractivity contribution in [2.75, 3.05) is 18.8 Å². The van der Waals surface area contributed by atoms with Gasteiger partial charge >= 0.3 is 0 Å². The van der Waals surface area contributed by atoms with E-state index in [1.807, 2.05) is 9.47 Å². The van der Waals surface area contributed by atoms with Crippen LogP contribution in [0.15, 0.2) is 45.2 Å². The first kappa shape index (κ1) is 24.0. The van der Waals surface area contributed by atoms with Gasteiger partial charge in [-0.2, -0.15) is 0 Å². The van der Waals surface area contributed by atoms with Crippen LogP contribution in [0.4, 0.5) is 0 Å². The standard InChI is InChI=1S/C27H35N3O2S2/c1-19-16-23-25(34-19)26(32)30(22-10-6-3-7-11-22)27(28-23)33-18-24(31)29-14-12-21(13-15-29)17-20-8-4-2-5-9-20/h2,4-5,8-9,19,21-22H,3,6-7,10-18H2,1H3. The van der Waals surface area contributed by atoms with E-state index in [-0.39, 0.29) is 17.5 Å². The van der Waals surface area contributed by atoms with Gasteiger partial charge in [0, 0.05) is 30.8 Å². The van der Waals surface area contributed by atoms with E-state index in [0.717, 1.165) is 67.4 Å². The number of hydrogen-bond donors (Lipinski definition) is 0. The summed E-state index contributed by atoms with van der Waals surface area (Å²) in [7, 11) is 0. The third-order valence-corrected chi connectivity index (χ3v) is 9.66. The Morgan fingerprint density at radius 3 is 2.56 bits per heavy atom. The van der Waals surface area contributed by atoms with E-state index in [1.54, 1.807) is 11.8 Å². The summed E-state index contributed by atoms with van der Waals surface area (Å²) in [6, 6.07) is 10.9. The maximum atomic E-state index is 13.5. The number of likely N-dealkylation sites (tertiary alicyclic amines) is 1. The largest absolute Gasteiger partial charge is 0.342 e. The van der Waals surface area contributed by atoms with Crippen molar-refractivity contribution < 1.29 is 4.79 Å². The number of aromatic nitrogens is 2. The molecule has 1 unspecified atom stereocenters. The molecule has 1 aromatic carbocycles. The fraction of sp³-hybridized carbons (Fsp3) is 0.593. The Morgan fingerprint density at radius 2 is 1.82 bits per heavy atom. The topological polar surface area (TPSA) is 55.2 Å². The Kier molecular flexibility index (Phi) is 7.69. The molecule has 1 atom stereocenters. The highest BCUT2D eigenvalue weighted by atomic mass is 32.2. The number of carbonyl (C=O) groups is 1. The van der Waals surface area contributed by atoms with Gasteiger partial charge in [-0.25, -0.2) is 4.98 Å². The van der Waals surface area contributed by atoms with E-state index in [4.69, 9.17) is 4.98 Å². The van der Waals surface area contributed by atoms with E-state index >= 15 is 0 Å². The minimum absolute atomic E-state index is 0.128. The van der Waals surface area contributed by atoms with Crippen molar-refractivity contribution in [1.82, 2.24) is 14.5 Å². The average Bonchev–Trinajstić information content (AvgIpc) is 3.25. The molecule has 182 valence electrons. The van der Waals surface area contributed by atoms with Gasteiger partial charge < -0.3 is 4.90 Å². The van der Waals surface area contributed by atoms with Crippen LogP contribution in [-0.4, -0.2) is 44.5 Å². The summed E-state index contributed by atoms with van der Waals surface area (Å²) in [5.41, 5.74) is 2.45. The van der Waals surface area contributed by atoms with Crippen LogP contribution in [0.2, 0.25) is 0 Å². The number of nitrogens with zero attached hydrogens (tertiary/aromatic N) is 3. The summed E-state index contributed by atoms with van der Waals surface area (Å²) in [4.78, 5) is 34.3. The Balaban J connectivity index is 1.23. The summed E-state index contributed by atoms with van der Waals surface area (Å²) >= 11 is 3.15. The molecule has 1 aromatic heterocycles. The van der Waals surface area contributed by atoms with Crippen molar-refractivity contribution in [2.45, 2.75) is 86.1 Å². The zero-order valence-electron chi connectivity index (χ0n) is 20.1. The second-order valence-electron chi connectivity index (χ2n) is 10.1. The molecule has 34 heavy (non-hydrogen) atoms. The molecule has 3 heterocycles. The lowest BCUT2D eigenvalue weighted by Gasteiger charge is -2.32. The van der Waals surface area contributed by atoms with Crippen LogP contribution in [0, 0.1) is 5.92 Å². The third kappa shape index (κ3) is 5.40. The van der Waals surface area contributed by atoms with E-state index in [9.17, 15) is 9.59 Å². The monoisotopic (exact) mass is 497 g/mol. The van der Waals surface area contributed by atoms with Gasteiger partial charge in [0.15, 0.2) is 5.16 Å². The number of benzene rings is 1. The van der Waals surface area contributed by atoms with Crippen molar-refractivity contribution in [3.8, 4) is 0 Å². The summed E-state index contributed by atoms with van der Waals surface area (Å²) in [5, 5.41) is 1.16. The lowest BCUT2D eigenvalue weighted by molar-refractivity contribution is -0.129. The van der Waals surface area contributed by atoms with E-state index in [1.165, 1.54) is 36.6 Å². The molecule has 5 rings (SSSR count). The molecular weight excluding hydrogens is 462 g/mol. The van der Waals surface area contributed by atoms with Gasteiger partial charge in [-0.3, -0.25) is 14.2 Å². The highest BCUT2D eigenvalue weighted by Gasteiger charge is 2.30. The van der Waals surface area contributed by atoms with Crippen LogP contribution in [-0.2, 0) is 17.6 Å². The lowest BCUT2D eigenvalue weighted by atomic mass is 9.90. The van der Waals surface area contributed by atoms with Crippen LogP contribution >= 0.6 is 23.5 Å². The summed E-state index contributed by atoms with van der Waals surface area (Å²) in [6.07, 6.45) is 9.72. The van der Waals surface area contributed by atoms with Gasteiger partial charge in [-0.1, -0.05) is 68.3 Å². The second-order valence-corrected chi connectivity index (χ2v) is 12.5. The third-order valence-electron chi connectivity index (χ3n) is 7.51. The van der Waals surface area contributed by atoms with Crippen LogP contribution in [0.25, 0.3) is 0 Å². The molecule has 0 N–H and O–H groups in total. The molecule has 2 fully saturated rings. The second kappa shape index (κ2) is 10.9. The highest BCUT2D eigenvalue weighted by Crippen LogP contribution is 2.37. The SMILES string of the molecule is CC1Cc2nc(SCC(=O)N3CCC(Cc4ccccc4)CC3)n(C3CCCCC3)c(=O)c2S1. The Morgan fingerprint density at radius 1 is 1.09 bits per heavy atom. The van der Waals surface area contributed by atoms with Gasteiger partial charge in [-0.05, 0) is 43.6 Å². The normalized spacial score (nSPS) is 21.6. The number of thioether (sulfide) groups is 2. The van der Waals surface area contributed by atoms with Crippen molar-refractivity contribution in [3.05, 3.63) is 51.9 Å². The molecule has 7 heteroatoms. The summed E-state index contributed by atoms with van der Waals surface area (Å²) in [6.45, 7) is 3.82. The number of amides is 1. The molecule has 2 aliphatic heterocycles. The molecule has 0 radical (unpaired) electrons. The molecule has 0 bridgehead atoms. The first-order chi connectivity index (χ1) is 16.6. The van der Waals surface area contributed by atoms with Gasteiger partial charge in [0.25, 0.3) is 5.56 Å². The molecule has 1 amide bonds. The van der Waals surface area contributed by atoms with E-state index in [2.05, 4.69) is 37.3 Å². The zero-order chi connectivity index (χ0) is 23.5. The predicted molar refractivity (Wildman–Crippen MR) is 140 cm³/mol. The molecule has 2 aromatic rings. The Labute approximate surface area is 211 Å². The fourth-order valence-corrected chi connectivity index (χ4v) is 7.71. The lowest BCUT2D eigenvalue weighted by Crippen LogP contribution is -2.40. The molecule has 1 saturated heterocycles. The van der Waals surface area contributed by atoms with Crippen LogP contribution in [0.3, 0.4) is 0 Å². The molecule has 5 nitrogen and oxygen atoms in total. The first-order valence-corrected chi connectivity index (χ1v) is 14.7. The van der Waals surface area contributed by atoms with E-state index in [0.29, 0.717) is 16.9 Å². The smallest absolute Gasteiger partial charge is 0.268 e. The predicted octanol–water partition coefficient (Wildman–Crippen LogP) is 5.36. The zero-order valence-corrected chi connectivity index (χ0v) is 21.7. The quantitative estimate of drug-likeness (QED) is 0.397. The minimum atomic E-state index is 0.128. The first-order valence-electron chi connectivity index (χ1n) is 12.8. The highest BCUT2D eigenvalue weighted by molar-refractivity contribution is 8.00. The number of hydrogen-bond acceptors (Lipinski definition) is 5. The van der Waals surface area contributed by atoms with Crippen LogP contribution in [0.1, 0.15) is 69.2 Å². The number of piperidine rings is 1. The average molecular weight is 498 g/mol. The maximum Gasteiger partial charge on any atom is 0.268 e. The van der Waals surface area contributed by atoms with Gasteiger partial charge in [0.05, 0.1) is 16.3 Å². The number of rotatable bonds is 6. The van der Waals surface area contributed by atoms with Crippen molar-refractivity contribution in [2.24, 2.45) is 5.92 Å². The maximum absolute atomic E-state index is 13.5. The fourth-order valence-electron chi connectivity index (χ4n) is 5.63. The van der Waals surface area contributed by atoms with Gasteiger partial charge in [0.1, 0.15) is 0 Å². The van der Waals surface area contributed by atoms with Crippen molar-refractivity contribution >= 4 is 29.4 Å². The van der Waals surface area contributed by atoms with Gasteiger partial charge in [-0.15, -0.1) is 11.8 Å². The molecule has 1 saturated carbocycles. The molecular formula is C27H35N3O2S2. The van der Waals surface area contributed by atoms with Crippen molar-refractivity contribution in [3.63, 3.8) is 0 Å². The number of carbonyl (C=O) groups excluding carboxylic acids is 1. The molecule has 3 aliphatic rings. The number of fused-ring (bicyclic) bond motifs is 1. The summed E-state index contributed by atoms with van der Waals surface area (Å²) < 4.78 is 1.95. The minimum Gasteiger partial charge on any atom is -0.342 e. The van der Waals surface area contributed by atoms with Crippen molar-refractivity contribution in [1.29, 1.82) is 0 Å².